The molecule has 37 heavy (non-hydrogen) atoms. The third kappa shape index (κ3) is 7.55. The van der Waals surface area contributed by atoms with Crippen molar-refractivity contribution < 1.29 is 38.9 Å². The summed E-state index contributed by atoms with van der Waals surface area (Å²) in [5, 5.41) is 19.8. The summed E-state index contributed by atoms with van der Waals surface area (Å²) in [6, 6.07) is 14.2. The zero-order chi connectivity index (χ0) is 27.9. The van der Waals surface area contributed by atoms with Gasteiger partial charge < -0.3 is 19.7 Å². The Balaban J connectivity index is 1.99. The Morgan fingerprint density at radius 2 is 1.00 bits per heavy atom. The minimum atomic E-state index is -1.58. The third-order valence-corrected chi connectivity index (χ3v) is 5.80. The Labute approximate surface area is 216 Å². The van der Waals surface area contributed by atoms with Gasteiger partial charge in [0.1, 0.15) is 24.7 Å². The molecule has 0 aliphatic rings. The summed E-state index contributed by atoms with van der Waals surface area (Å²) in [7, 11) is 0. The normalized spacial score (nSPS) is 12.7. The summed E-state index contributed by atoms with van der Waals surface area (Å²) in [6.07, 6.45) is -3.15. The number of carbonyl (C=O) groups is 4. The SMILES string of the molecule is C=C(C)C(=O)C(=O)C(O)COc1ccc(C(C)(C)c2ccc(OCC(O)C(=O)C(=O)C(=C)C)cc2)cc1. The third-order valence-electron chi connectivity index (χ3n) is 5.80. The number of aliphatic hydroxyl groups is 2. The molecular weight excluding hydrogens is 476 g/mol. The molecule has 0 aromatic heterocycles. The molecule has 196 valence electrons. The first-order chi connectivity index (χ1) is 17.2. The number of ketones is 4. The van der Waals surface area contributed by atoms with Gasteiger partial charge in [-0.3, -0.25) is 19.2 Å². The highest BCUT2D eigenvalue weighted by atomic mass is 16.5. The predicted octanol–water partition coefficient (Wildman–Crippen LogP) is 2.92. The second-order valence-electron chi connectivity index (χ2n) is 9.27. The molecule has 2 N–H and O–H groups in total. The molecular formula is C29H32O8. The van der Waals surface area contributed by atoms with E-state index in [1.54, 1.807) is 24.3 Å². The Kier molecular flexibility index (Phi) is 9.82. The van der Waals surface area contributed by atoms with Gasteiger partial charge in [0.05, 0.1) is 0 Å². The van der Waals surface area contributed by atoms with Crippen LogP contribution in [0.3, 0.4) is 0 Å². The summed E-state index contributed by atoms with van der Waals surface area (Å²) in [5.41, 5.74) is 1.61. The summed E-state index contributed by atoms with van der Waals surface area (Å²) in [6.45, 7) is 12.9. The number of aliphatic hydroxyl groups excluding tert-OH is 2. The van der Waals surface area contributed by atoms with Crippen LogP contribution in [-0.2, 0) is 24.6 Å². The highest BCUT2D eigenvalue weighted by Gasteiger charge is 2.26. The molecule has 0 heterocycles. The average molecular weight is 509 g/mol. The summed E-state index contributed by atoms with van der Waals surface area (Å²) in [4.78, 5) is 46.9. The van der Waals surface area contributed by atoms with E-state index in [1.807, 2.05) is 38.1 Å². The monoisotopic (exact) mass is 508 g/mol. The lowest BCUT2D eigenvalue weighted by atomic mass is 9.78. The summed E-state index contributed by atoms with van der Waals surface area (Å²) >= 11 is 0. The zero-order valence-corrected chi connectivity index (χ0v) is 21.4. The lowest BCUT2D eigenvalue weighted by Gasteiger charge is -2.26. The van der Waals surface area contributed by atoms with Crippen molar-refractivity contribution in [3.8, 4) is 11.5 Å². The van der Waals surface area contributed by atoms with E-state index in [-0.39, 0.29) is 24.4 Å². The van der Waals surface area contributed by atoms with Crippen LogP contribution in [0, 0.1) is 0 Å². The van der Waals surface area contributed by atoms with Crippen LogP contribution in [0.25, 0.3) is 0 Å². The molecule has 2 aromatic carbocycles. The predicted molar refractivity (Wildman–Crippen MR) is 138 cm³/mol. The van der Waals surface area contributed by atoms with E-state index in [0.717, 1.165) is 11.1 Å². The molecule has 8 nitrogen and oxygen atoms in total. The van der Waals surface area contributed by atoms with Crippen molar-refractivity contribution in [1.29, 1.82) is 0 Å². The topological polar surface area (TPSA) is 127 Å². The number of benzene rings is 2. The van der Waals surface area contributed by atoms with Gasteiger partial charge in [0.2, 0.25) is 23.1 Å². The van der Waals surface area contributed by atoms with Crippen molar-refractivity contribution in [3.63, 3.8) is 0 Å². The lowest BCUT2D eigenvalue weighted by molar-refractivity contribution is -0.140. The molecule has 0 saturated carbocycles. The van der Waals surface area contributed by atoms with Gasteiger partial charge in [0.15, 0.2) is 12.2 Å². The second kappa shape index (κ2) is 12.4. The first-order valence-corrected chi connectivity index (χ1v) is 11.6. The van der Waals surface area contributed by atoms with Crippen molar-refractivity contribution in [2.45, 2.75) is 45.3 Å². The van der Waals surface area contributed by atoms with Gasteiger partial charge in [-0.15, -0.1) is 0 Å². The average Bonchev–Trinajstić information content (AvgIpc) is 2.88. The van der Waals surface area contributed by atoms with E-state index >= 15 is 0 Å². The summed E-state index contributed by atoms with van der Waals surface area (Å²) < 4.78 is 10.9. The van der Waals surface area contributed by atoms with Gasteiger partial charge in [-0.1, -0.05) is 51.3 Å². The molecule has 2 rings (SSSR count). The Morgan fingerprint density at radius 1 is 0.703 bits per heavy atom. The van der Waals surface area contributed by atoms with Crippen LogP contribution < -0.4 is 9.47 Å². The number of Topliss-reactive ketones (excluding diaryl/α,β-unsaturated/α-hetero) is 4. The van der Waals surface area contributed by atoms with Gasteiger partial charge in [-0.25, -0.2) is 0 Å². The fraction of sp³-hybridized carbons (Fsp3) is 0.310. The van der Waals surface area contributed by atoms with Crippen LogP contribution in [0.15, 0.2) is 72.8 Å². The molecule has 2 unspecified atom stereocenters. The van der Waals surface area contributed by atoms with Crippen molar-refractivity contribution in [3.05, 3.63) is 84.0 Å². The van der Waals surface area contributed by atoms with Crippen molar-refractivity contribution in [2.75, 3.05) is 13.2 Å². The highest BCUT2D eigenvalue weighted by Crippen LogP contribution is 2.33. The van der Waals surface area contributed by atoms with Crippen molar-refractivity contribution in [1.82, 2.24) is 0 Å². The number of hydrogen-bond donors (Lipinski definition) is 2. The second-order valence-corrected chi connectivity index (χ2v) is 9.27. The number of allylic oxidation sites excluding steroid dienone is 2. The van der Waals surface area contributed by atoms with E-state index in [1.165, 1.54) is 13.8 Å². The number of ether oxygens (including phenoxy) is 2. The fourth-order valence-corrected chi connectivity index (χ4v) is 3.33. The van der Waals surface area contributed by atoms with Gasteiger partial charge in [0.25, 0.3) is 0 Å². The lowest BCUT2D eigenvalue weighted by Crippen LogP contribution is -2.33. The first kappa shape index (κ1) is 29.4. The quantitative estimate of drug-likeness (QED) is 0.295. The van der Waals surface area contributed by atoms with E-state index in [4.69, 9.17) is 9.47 Å². The molecule has 0 fully saturated rings. The van der Waals surface area contributed by atoms with Crippen molar-refractivity contribution in [2.24, 2.45) is 0 Å². The van der Waals surface area contributed by atoms with Gasteiger partial charge >= 0.3 is 0 Å². The van der Waals surface area contributed by atoms with Gasteiger partial charge in [0, 0.05) is 5.41 Å². The van der Waals surface area contributed by atoms with E-state index in [9.17, 15) is 29.4 Å². The number of rotatable bonds is 14. The van der Waals surface area contributed by atoms with Crippen LogP contribution in [0.2, 0.25) is 0 Å². The Morgan fingerprint density at radius 3 is 1.27 bits per heavy atom. The number of carbonyl (C=O) groups excluding carboxylic acids is 4. The summed E-state index contributed by atoms with van der Waals surface area (Å²) in [5.74, 6) is -2.72. The molecule has 2 atom stereocenters. The molecule has 0 aliphatic heterocycles. The van der Waals surface area contributed by atoms with E-state index < -0.39 is 40.8 Å². The maximum atomic E-state index is 11.8. The van der Waals surface area contributed by atoms with Crippen LogP contribution in [0.4, 0.5) is 0 Å². The smallest absolute Gasteiger partial charge is 0.234 e. The molecule has 0 radical (unpaired) electrons. The first-order valence-electron chi connectivity index (χ1n) is 11.6. The minimum absolute atomic E-state index is 0.0537. The van der Waals surface area contributed by atoms with E-state index in [2.05, 4.69) is 13.2 Å². The maximum Gasteiger partial charge on any atom is 0.234 e. The molecule has 0 saturated heterocycles. The molecule has 0 amide bonds. The standard InChI is InChI=1S/C29H32O8/c1-17(2)25(32)27(34)23(30)15-36-21-11-7-19(8-12-21)29(5,6)20-9-13-22(14-10-20)37-16-24(31)28(35)26(33)18(3)4/h7-14,23-24,30-31H,1,3,15-16H2,2,4-6H3. The van der Waals surface area contributed by atoms with E-state index in [0.29, 0.717) is 11.5 Å². The zero-order valence-electron chi connectivity index (χ0n) is 21.4. The van der Waals surface area contributed by atoms with Crippen LogP contribution in [0.1, 0.15) is 38.8 Å². The van der Waals surface area contributed by atoms with Crippen LogP contribution in [0.5, 0.6) is 11.5 Å². The van der Waals surface area contributed by atoms with Gasteiger partial charge in [-0.2, -0.15) is 0 Å². The highest BCUT2D eigenvalue weighted by molar-refractivity contribution is 6.45. The molecule has 8 heteroatoms. The van der Waals surface area contributed by atoms with Crippen LogP contribution in [-0.4, -0.2) is 58.8 Å². The number of hydrogen-bond acceptors (Lipinski definition) is 8. The molecule has 0 aliphatic carbocycles. The Bertz CT molecular complexity index is 1100. The van der Waals surface area contributed by atoms with Gasteiger partial charge in [-0.05, 0) is 60.4 Å². The molecule has 2 aromatic rings. The van der Waals surface area contributed by atoms with Crippen LogP contribution >= 0.6 is 0 Å². The minimum Gasteiger partial charge on any atom is -0.490 e. The van der Waals surface area contributed by atoms with Crippen molar-refractivity contribution >= 4 is 23.1 Å². The molecule has 0 bridgehead atoms. The fourth-order valence-electron chi connectivity index (χ4n) is 3.33. The largest absolute Gasteiger partial charge is 0.490 e. The maximum absolute atomic E-state index is 11.8. The molecule has 0 spiro atoms. The Hall–Kier alpha value is -3.88.